The van der Waals surface area contributed by atoms with E-state index in [9.17, 15) is 4.79 Å². The van der Waals surface area contributed by atoms with Crippen LogP contribution in [0.5, 0.6) is 0 Å². The van der Waals surface area contributed by atoms with Crippen LogP contribution in [0.15, 0.2) is 12.4 Å². The number of carbonyl (C=O) groups is 1. The van der Waals surface area contributed by atoms with Gasteiger partial charge >= 0.3 is 0 Å². The highest BCUT2D eigenvalue weighted by Crippen LogP contribution is 2.19. The van der Waals surface area contributed by atoms with Crippen molar-refractivity contribution in [1.82, 2.24) is 20.2 Å². The van der Waals surface area contributed by atoms with E-state index in [0.29, 0.717) is 12.5 Å². The quantitative estimate of drug-likeness (QED) is 0.731. The number of nitrogens with zero attached hydrogens (tertiary/aromatic N) is 2. The minimum Gasteiger partial charge on any atom is -0.359 e. The van der Waals surface area contributed by atoms with Crippen LogP contribution in [-0.2, 0) is 17.9 Å². The van der Waals surface area contributed by atoms with Gasteiger partial charge < -0.3 is 15.2 Å². The minimum absolute atomic E-state index is 0.0998. The maximum Gasteiger partial charge on any atom is 0.219 e. The number of amides is 1. The number of nitrogens with one attached hydrogen (secondary N) is 2. The molecule has 1 heterocycles. The summed E-state index contributed by atoms with van der Waals surface area (Å²) < 4.78 is 2.12. The van der Waals surface area contributed by atoms with Crippen LogP contribution in [0.3, 0.4) is 0 Å². The Hall–Kier alpha value is -1.36. The highest BCUT2D eigenvalue weighted by Gasteiger charge is 2.20. The zero-order valence-corrected chi connectivity index (χ0v) is 10.3. The lowest BCUT2D eigenvalue weighted by molar-refractivity contribution is -0.120. The van der Waals surface area contributed by atoms with E-state index >= 15 is 0 Å². The fraction of sp³-hybridized carbons (Fsp3) is 0.667. The highest BCUT2D eigenvalue weighted by molar-refractivity contribution is 5.75. The molecule has 94 valence electrons. The monoisotopic (exact) mass is 236 g/mol. The van der Waals surface area contributed by atoms with Crippen LogP contribution in [0.1, 0.15) is 31.5 Å². The second kappa shape index (κ2) is 5.82. The Bertz CT molecular complexity index is 370. The number of imidazole rings is 1. The zero-order valence-electron chi connectivity index (χ0n) is 10.3. The first kappa shape index (κ1) is 12.1. The minimum atomic E-state index is 0.0998. The number of rotatable bonds is 7. The van der Waals surface area contributed by atoms with Gasteiger partial charge in [0, 0.05) is 38.4 Å². The summed E-state index contributed by atoms with van der Waals surface area (Å²) in [6, 6.07) is 0.700. The molecule has 1 amide bonds. The third-order valence-electron chi connectivity index (χ3n) is 3.01. The van der Waals surface area contributed by atoms with Crippen LogP contribution in [-0.4, -0.2) is 28.5 Å². The summed E-state index contributed by atoms with van der Waals surface area (Å²) in [5.41, 5.74) is 0. The van der Waals surface area contributed by atoms with Crippen LogP contribution >= 0.6 is 0 Å². The number of aryl methyl sites for hydroxylation is 1. The molecule has 2 rings (SSSR count). The van der Waals surface area contributed by atoms with E-state index < -0.39 is 0 Å². The van der Waals surface area contributed by atoms with Crippen molar-refractivity contribution in [2.24, 2.45) is 0 Å². The maximum absolute atomic E-state index is 11.1. The Morgan fingerprint density at radius 1 is 1.59 bits per heavy atom. The molecule has 0 radical (unpaired) electrons. The molecular formula is C12H20N4O. The lowest BCUT2D eigenvalue weighted by atomic mass is 10.3. The van der Waals surface area contributed by atoms with E-state index in [4.69, 9.17) is 0 Å². The Labute approximate surface area is 102 Å². The molecule has 0 unspecified atom stereocenters. The number of aromatic nitrogens is 2. The van der Waals surface area contributed by atoms with Crippen molar-refractivity contribution < 1.29 is 4.79 Å². The molecule has 2 N–H and O–H groups in total. The average Bonchev–Trinajstić information content (AvgIpc) is 3.07. The van der Waals surface area contributed by atoms with E-state index in [2.05, 4.69) is 20.2 Å². The van der Waals surface area contributed by atoms with Gasteiger partial charge in [-0.25, -0.2) is 4.98 Å². The molecule has 0 spiro atoms. The molecule has 1 fully saturated rings. The Morgan fingerprint density at radius 3 is 3.12 bits per heavy atom. The predicted molar refractivity (Wildman–Crippen MR) is 65.4 cm³/mol. The fourth-order valence-corrected chi connectivity index (χ4v) is 1.77. The Kier molecular flexibility index (Phi) is 4.14. The first-order chi connectivity index (χ1) is 8.29. The van der Waals surface area contributed by atoms with Gasteiger partial charge in [0.15, 0.2) is 0 Å². The van der Waals surface area contributed by atoms with Crippen molar-refractivity contribution in [3.05, 3.63) is 18.2 Å². The number of hydrogen-bond donors (Lipinski definition) is 2. The summed E-state index contributed by atoms with van der Waals surface area (Å²) >= 11 is 0. The largest absolute Gasteiger partial charge is 0.359 e. The number of carbonyl (C=O) groups excluding carboxylic acids is 1. The van der Waals surface area contributed by atoms with Crippen molar-refractivity contribution in [3.63, 3.8) is 0 Å². The van der Waals surface area contributed by atoms with Crippen molar-refractivity contribution >= 4 is 5.91 Å². The molecule has 5 nitrogen and oxygen atoms in total. The average molecular weight is 236 g/mol. The number of hydrogen-bond acceptors (Lipinski definition) is 3. The molecular weight excluding hydrogens is 216 g/mol. The molecule has 0 aromatic carbocycles. The Balaban J connectivity index is 1.74. The van der Waals surface area contributed by atoms with Crippen molar-refractivity contribution in [2.75, 3.05) is 7.05 Å². The normalized spacial score (nSPS) is 14.9. The predicted octanol–water partition coefficient (Wildman–Crippen LogP) is 0.661. The molecule has 1 aromatic rings. The molecule has 1 saturated carbocycles. The molecule has 5 heteroatoms. The molecule has 1 aliphatic rings. The van der Waals surface area contributed by atoms with E-state index in [0.717, 1.165) is 25.3 Å². The van der Waals surface area contributed by atoms with E-state index in [1.54, 1.807) is 7.05 Å². The summed E-state index contributed by atoms with van der Waals surface area (Å²) in [6.45, 7) is 1.69. The molecule has 0 atom stereocenters. The smallest absolute Gasteiger partial charge is 0.219 e. The lowest BCUT2D eigenvalue weighted by Gasteiger charge is -2.08. The summed E-state index contributed by atoms with van der Waals surface area (Å²) in [5.74, 6) is 1.16. The third-order valence-corrected chi connectivity index (χ3v) is 3.01. The fourth-order valence-electron chi connectivity index (χ4n) is 1.77. The van der Waals surface area contributed by atoms with E-state index in [1.165, 1.54) is 12.8 Å². The van der Waals surface area contributed by atoms with Gasteiger partial charge in [-0.05, 0) is 19.3 Å². The van der Waals surface area contributed by atoms with Gasteiger partial charge in [-0.3, -0.25) is 4.79 Å². The molecule has 0 aliphatic heterocycles. The SMILES string of the molecule is CNC(=O)CCCn1ccnc1CNC1CC1. The first-order valence-corrected chi connectivity index (χ1v) is 6.23. The van der Waals surface area contributed by atoms with Crippen molar-refractivity contribution in [3.8, 4) is 0 Å². The summed E-state index contributed by atoms with van der Waals surface area (Å²) in [7, 11) is 1.67. The van der Waals surface area contributed by atoms with Gasteiger partial charge in [0.05, 0.1) is 6.54 Å². The summed E-state index contributed by atoms with van der Waals surface area (Å²) in [4.78, 5) is 15.4. The van der Waals surface area contributed by atoms with Gasteiger partial charge in [-0.15, -0.1) is 0 Å². The van der Waals surface area contributed by atoms with Crippen LogP contribution in [0.25, 0.3) is 0 Å². The third kappa shape index (κ3) is 3.85. The zero-order chi connectivity index (χ0) is 12.1. The maximum atomic E-state index is 11.1. The lowest BCUT2D eigenvalue weighted by Crippen LogP contribution is -2.20. The summed E-state index contributed by atoms with van der Waals surface area (Å²) in [6.07, 6.45) is 7.81. The van der Waals surface area contributed by atoms with Gasteiger partial charge in [0.25, 0.3) is 0 Å². The standard InChI is InChI=1S/C12H20N4O/c1-13-12(17)3-2-7-16-8-6-14-11(16)9-15-10-4-5-10/h6,8,10,15H,2-5,7,9H2,1H3,(H,13,17). The van der Waals surface area contributed by atoms with E-state index in [-0.39, 0.29) is 5.91 Å². The van der Waals surface area contributed by atoms with E-state index in [1.807, 2.05) is 12.4 Å². The molecule has 1 aliphatic carbocycles. The van der Waals surface area contributed by atoms with Gasteiger partial charge in [-0.1, -0.05) is 0 Å². The molecule has 0 saturated heterocycles. The van der Waals surface area contributed by atoms with Crippen molar-refractivity contribution in [1.29, 1.82) is 0 Å². The van der Waals surface area contributed by atoms with Crippen molar-refractivity contribution in [2.45, 2.75) is 44.8 Å². The van der Waals surface area contributed by atoms with Crippen LogP contribution in [0.4, 0.5) is 0 Å². The first-order valence-electron chi connectivity index (χ1n) is 6.23. The summed E-state index contributed by atoms with van der Waals surface area (Å²) in [5, 5.41) is 6.08. The van der Waals surface area contributed by atoms with Gasteiger partial charge in [0.1, 0.15) is 5.82 Å². The highest BCUT2D eigenvalue weighted by atomic mass is 16.1. The molecule has 17 heavy (non-hydrogen) atoms. The van der Waals surface area contributed by atoms with Gasteiger partial charge in [-0.2, -0.15) is 0 Å². The van der Waals surface area contributed by atoms with Crippen LogP contribution in [0, 0.1) is 0 Å². The topological polar surface area (TPSA) is 59.0 Å². The van der Waals surface area contributed by atoms with Gasteiger partial charge in [0.2, 0.25) is 5.91 Å². The second-order valence-corrected chi connectivity index (χ2v) is 4.47. The Morgan fingerprint density at radius 2 is 2.41 bits per heavy atom. The van der Waals surface area contributed by atoms with Crippen LogP contribution in [0.2, 0.25) is 0 Å². The second-order valence-electron chi connectivity index (χ2n) is 4.47. The molecule has 0 bridgehead atoms. The van der Waals surface area contributed by atoms with Crippen LogP contribution < -0.4 is 10.6 Å². The molecule has 1 aromatic heterocycles.